The molecular weight excluding hydrogens is 331 g/mol. The second kappa shape index (κ2) is 13.3. The van der Waals surface area contributed by atoms with Gasteiger partial charge in [-0.1, -0.05) is 77.3 Å². The fourth-order valence-electron chi connectivity index (χ4n) is 3.02. The van der Waals surface area contributed by atoms with E-state index in [-0.39, 0.29) is 34.5 Å². The van der Waals surface area contributed by atoms with Gasteiger partial charge in [0, 0.05) is 0 Å². The summed E-state index contributed by atoms with van der Waals surface area (Å²) in [6.45, 7) is 4.42. The smallest absolute Gasteiger partial charge is 0.744 e. The monoisotopic (exact) mass is 362 g/mol. The van der Waals surface area contributed by atoms with Crippen LogP contribution in [0.15, 0.2) is 29.2 Å². The molecule has 1 atom stereocenters. The van der Waals surface area contributed by atoms with Crippen molar-refractivity contribution in [3.8, 4) is 0 Å². The largest absolute Gasteiger partial charge is 1.00 e. The summed E-state index contributed by atoms with van der Waals surface area (Å²) in [5.74, 6) is 0.478. The minimum absolute atomic E-state index is 0. The minimum Gasteiger partial charge on any atom is -0.744 e. The summed E-state index contributed by atoms with van der Waals surface area (Å²) < 4.78 is 33.1. The molecule has 132 valence electrons. The SMILES string of the molecule is CCCCCCCC(CCCCC)c1ccc(S(=O)(=O)[O-])cc1.[Na+]. The van der Waals surface area contributed by atoms with E-state index in [1.54, 1.807) is 0 Å². The summed E-state index contributed by atoms with van der Waals surface area (Å²) in [6, 6.07) is 6.57. The van der Waals surface area contributed by atoms with E-state index >= 15 is 0 Å². The zero-order valence-corrected chi connectivity index (χ0v) is 18.4. The third-order valence-corrected chi connectivity index (χ3v) is 5.30. The Morgan fingerprint density at radius 2 is 1.29 bits per heavy atom. The van der Waals surface area contributed by atoms with Crippen LogP contribution in [0, 0.1) is 0 Å². The van der Waals surface area contributed by atoms with Gasteiger partial charge in [0.25, 0.3) is 0 Å². The zero-order chi connectivity index (χ0) is 17.1. The van der Waals surface area contributed by atoms with Gasteiger partial charge in [0.2, 0.25) is 0 Å². The topological polar surface area (TPSA) is 57.2 Å². The van der Waals surface area contributed by atoms with E-state index in [1.807, 2.05) is 12.1 Å². The van der Waals surface area contributed by atoms with Crippen LogP contribution in [-0.4, -0.2) is 13.0 Å². The minimum atomic E-state index is -4.34. The van der Waals surface area contributed by atoms with Crippen LogP contribution in [0.2, 0.25) is 0 Å². The predicted molar refractivity (Wildman–Crippen MR) is 94.7 cm³/mol. The van der Waals surface area contributed by atoms with Crippen molar-refractivity contribution in [2.24, 2.45) is 0 Å². The molecule has 0 heterocycles. The summed E-state index contributed by atoms with van der Waals surface area (Å²) in [7, 11) is -4.34. The normalized spacial score (nSPS) is 12.6. The number of hydrogen-bond donors (Lipinski definition) is 0. The van der Waals surface area contributed by atoms with Gasteiger partial charge in [-0.15, -0.1) is 0 Å². The van der Waals surface area contributed by atoms with E-state index in [4.69, 9.17) is 0 Å². The van der Waals surface area contributed by atoms with Gasteiger partial charge in [-0.2, -0.15) is 0 Å². The van der Waals surface area contributed by atoms with Gasteiger partial charge in [-0.3, -0.25) is 0 Å². The molecule has 0 aliphatic rings. The first-order chi connectivity index (χ1) is 11.0. The molecule has 0 radical (unpaired) electrons. The third kappa shape index (κ3) is 9.57. The summed E-state index contributed by atoms with van der Waals surface area (Å²) >= 11 is 0. The van der Waals surface area contributed by atoms with Crippen LogP contribution >= 0.6 is 0 Å². The van der Waals surface area contributed by atoms with Crippen molar-refractivity contribution < 1.29 is 42.5 Å². The van der Waals surface area contributed by atoms with Gasteiger partial charge in [-0.05, 0) is 36.5 Å². The molecule has 0 aliphatic carbocycles. The van der Waals surface area contributed by atoms with Gasteiger partial charge in [0.05, 0.1) is 4.90 Å². The second-order valence-electron chi connectivity index (χ2n) is 6.42. The van der Waals surface area contributed by atoms with Crippen molar-refractivity contribution in [3.05, 3.63) is 29.8 Å². The summed E-state index contributed by atoms with van der Waals surface area (Å²) in [4.78, 5) is -0.128. The molecule has 0 aromatic heterocycles. The fraction of sp³-hybridized carbons (Fsp3) is 0.684. The maximum absolute atomic E-state index is 11.0. The van der Waals surface area contributed by atoms with Crippen LogP contribution in [-0.2, 0) is 10.1 Å². The van der Waals surface area contributed by atoms with Gasteiger partial charge in [0.1, 0.15) is 10.1 Å². The molecule has 1 rings (SSSR count). The number of hydrogen-bond acceptors (Lipinski definition) is 3. The number of rotatable bonds is 12. The maximum atomic E-state index is 11.0. The number of benzene rings is 1. The quantitative estimate of drug-likeness (QED) is 0.326. The van der Waals surface area contributed by atoms with Crippen molar-refractivity contribution in [2.75, 3.05) is 0 Å². The van der Waals surface area contributed by atoms with E-state index in [0.717, 1.165) is 12.8 Å². The summed E-state index contributed by atoms with van der Waals surface area (Å²) in [6.07, 6.45) is 12.3. The first kappa shape index (κ1) is 24.1. The first-order valence-electron chi connectivity index (χ1n) is 9.04. The average Bonchev–Trinajstić information content (AvgIpc) is 2.52. The molecule has 0 fully saturated rings. The maximum Gasteiger partial charge on any atom is 1.00 e. The van der Waals surface area contributed by atoms with Gasteiger partial charge >= 0.3 is 29.6 Å². The van der Waals surface area contributed by atoms with E-state index in [0.29, 0.717) is 5.92 Å². The van der Waals surface area contributed by atoms with Crippen molar-refractivity contribution in [2.45, 2.75) is 88.9 Å². The predicted octanol–water partition coefficient (Wildman–Crippen LogP) is 2.62. The van der Waals surface area contributed by atoms with E-state index in [9.17, 15) is 13.0 Å². The molecule has 0 bridgehead atoms. The van der Waals surface area contributed by atoms with Crippen molar-refractivity contribution in [1.82, 2.24) is 0 Å². The van der Waals surface area contributed by atoms with Gasteiger partial charge in [-0.25, -0.2) is 8.42 Å². The summed E-state index contributed by atoms with van der Waals surface area (Å²) in [5, 5.41) is 0. The molecule has 1 aromatic rings. The Bertz CT molecular complexity index is 526. The molecule has 0 amide bonds. The van der Waals surface area contributed by atoms with Crippen LogP contribution in [0.4, 0.5) is 0 Å². The van der Waals surface area contributed by atoms with Crippen LogP contribution in [0.3, 0.4) is 0 Å². The Kier molecular flexibility index (Phi) is 13.4. The molecule has 0 aliphatic heterocycles. The van der Waals surface area contributed by atoms with Crippen LogP contribution in [0.1, 0.15) is 89.5 Å². The first-order valence-corrected chi connectivity index (χ1v) is 10.5. The van der Waals surface area contributed by atoms with Crippen molar-refractivity contribution in [3.63, 3.8) is 0 Å². The van der Waals surface area contributed by atoms with Crippen LogP contribution in [0.25, 0.3) is 0 Å². The molecule has 0 saturated carbocycles. The van der Waals surface area contributed by atoms with Gasteiger partial charge in [0.15, 0.2) is 0 Å². The molecule has 3 nitrogen and oxygen atoms in total. The van der Waals surface area contributed by atoms with Crippen molar-refractivity contribution >= 4 is 10.1 Å². The van der Waals surface area contributed by atoms with E-state index in [1.165, 1.54) is 69.1 Å². The molecule has 0 spiro atoms. The summed E-state index contributed by atoms with van der Waals surface area (Å²) in [5.41, 5.74) is 1.17. The molecule has 0 saturated heterocycles. The Morgan fingerprint density at radius 1 is 0.833 bits per heavy atom. The molecule has 5 heteroatoms. The molecule has 1 unspecified atom stereocenters. The van der Waals surface area contributed by atoms with Crippen LogP contribution < -0.4 is 29.6 Å². The molecule has 0 N–H and O–H groups in total. The third-order valence-electron chi connectivity index (χ3n) is 4.45. The average molecular weight is 363 g/mol. The zero-order valence-electron chi connectivity index (χ0n) is 15.6. The molecule has 24 heavy (non-hydrogen) atoms. The molecular formula is C19H31NaO3S. The Hall–Kier alpha value is 0.130. The molecule has 1 aromatic carbocycles. The Balaban J connectivity index is 0.00000529. The van der Waals surface area contributed by atoms with Gasteiger partial charge < -0.3 is 4.55 Å². The number of unbranched alkanes of at least 4 members (excludes halogenated alkanes) is 6. The second-order valence-corrected chi connectivity index (χ2v) is 7.80. The Labute approximate surface area is 170 Å². The van der Waals surface area contributed by atoms with E-state index < -0.39 is 10.1 Å². The Morgan fingerprint density at radius 3 is 1.79 bits per heavy atom. The van der Waals surface area contributed by atoms with Crippen LogP contribution in [0.5, 0.6) is 0 Å². The van der Waals surface area contributed by atoms with E-state index in [2.05, 4.69) is 13.8 Å². The van der Waals surface area contributed by atoms with Crippen molar-refractivity contribution in [1.29, 1.82) is 0 Å². The standard InChI is InChI=1S/C19H32O3S.Na/c1-3-5-7-8-10-12-17(11-9-6-4-2)18-13-15-19(16-14-18)23(20,21)22;/h13-17H,3-12H2,1-2H3,(H,20,21,22);/q;+1/p-1. The fourth-order valence-corrected chi connectivity index (χ4v) is 3.49.